The van der Waals surface area contributed by atoms with Gasteiger partial charge in [-0.25, -0.2) is 8.42 Å². The van der Waals surface area contributed by atoms with Crippen molar-refractivity contribution < 1.29 is 31.9 Å². The van der Waals surface area contributed by atoms with Gasteiger partial charge in [-0.2, -0.15) is 0 Å². The number of benzene rings is 2. The number of furan rings is 1. The Kier molecular flexibility index (Phi) is 9.52. The minimum absolute atomic E-state index is 0.0395. The average molecular weight is 528 g/mol. The highest BCUT2D eigenvalue weighted by Crippen LogP contribution is 2.30. The summed E-state index contributed by atoms with van der Waals surface area (Å²) in [5.41, 5.74) is 2.35. The summed E-state index contributed by atoms with van der Waals surface area (Å²) >= 11 is 0. The molecule has 1 amide bonds. The fourth-order valence-electron chi connectivity index (χ4n) is 3.94. The van der Waals surface area contributed by atoms with Crippen LogP contribution in [0.2, 0.25) is 0 Å². The normalized spacial score (nSPS) is 11.2. The maximum Gasteiger partial charge on any atom is 0.254 e. The molecular weight excluding hydrogens is 494 g/mol. The highest BCUT2D eigenvalue weighted by Gasteiger charge is 2.23. The second-order valence-electron chi connectivity index (χ2n) is 8.69. The van der Waals surface area contributed by atoms with E-state index < -0.39 is 21.4 Å². The molecule has 0 N–H and O–H groups in total. The van der Waals surface area contributed by atoms with Gasteiger partial charge in [0, 0.05) is 23.4 Å². The zero-order valence-corrected chi connectivity index (χ0v) is 22.5. The van der Waals surface area contributed by atoms with Crippen LogP contribution in [-0.2, 0) is 22.8 Å². The summed E-state index contributed by atoms with van der Waals surface area (Å²) < 4.78 is 40.2. The van der Waals surface area contributed by atoms with Gasteiger partial charge in [0.1, 0.15) is 23.0 Å². The van der Waals surface area contributed by atoms with Crippen LogP contribution >= 0.6 is 0 Å². The first-order valence-electron chi connectivity index (χ1n) is 12.1. The molecule has 3 rings (SSSR count). The smallest absolute Gasteiger partial charge is 0.254 e. The summed E-state index contributed by atoms with van der Waals surface area (Å²) in [7, 11) is -0.412. The van der Waals surface area contributed by atoms with Crippen LogP contribution in [0.1, 0.15) is 51.1 Å². The van der Waals surface area contributed by atoms with Crippen LogP contribution in [0.5, 0.6) is 11.5 Å². The number of aryl methyl sites for hydroxylation is 1. The third kappa shape index (κ3) is 7.45. The topological polar surface area (TPSA) is 103 Å². The number of sulfone groups is 1. The quantitative estimate of drug-likeness (QED) is 0.302. The van der Waals surface area contributed by atoms with E-state index in [0.717, 1.165) is 17.5 Å². The van der Waals surface area contributed by atoms with Crippen molar-refractivity contribution in [1.82, 2.24) is 4.90 Å². The van der Waals surface area contributed by atoms with E-state index in [1.165, 1.54) is 27.2 Å². The standard InChI is InChI=1S/C28H33NO7S/c1-5-37(32,33)19-24(30)25-14-13-23(36-25)18-29(15-9-12-21-10-7-6-8-11-21)28(31)22-16-26(34-3)20(2)27(17-22)35-4/h6-8,10-11,13-14,16-17H,5,9,12,15,18-19H2,1-4H3. The van der Waals surface area contributed by atoms with Crippen LogP contribution in [0.15, 0.2) is 59.0 Å². The van der Waals surface area contributed by atoms with E-state index in [2.05, 4.69) is 0 Å². The Balaban J connectivity index is 1.84. The van der Waals surface area contributed by atoms with Crippen LogP contribution < -0.4 is 9.47 Å². The molecule has 8 nitrogen and oxygen atoms in total. The van der Waals surface area contributed by atoms with Crippen molar-refractivity contribution in [3.05, 3.63) is 82.8 Å². The molecule has 0 radical (unpaired) electrons. The Morgan fingerprint density at radius 3 is 2.22 bits per heavy atom. The fourth-order valence-corrected chi connectivity index (χ4v) is 4.68. The maximum atomic E-state index is 13.6. The number of carbonyl (C=O) groups is 2. The van der Waals surface area contributed by atoms with Gasteiger partial charge >= 0.3 is 0 Å². The van der Waals surface area contributed by atoms with Gasteiger partial charge in [-0.15, -0.1) is 0 Å². The van der Waals surface area contributed by atoms with E-state index in [9.17, 15) is 18.0 Å². The third-order valence-corrected chi connectivity index (χ3v) is 7.68. The predicted octanol–water partition coefficient (Wildman–Crippen LogP) is 4.50. The summed E-state index contributed by atoms with van der Waals surface area (Å²) in [5.74, 6) is -0.173. The SMILES string of the molecule is CCS(=O)(=O)CC(=O)c1ccc(CN(CCCc2ccccc2)C(=O)c2cc(OC)c(C)c(OC)c2)o1. The number of rotatable bonds is 13. The molecule has 0 unspecified atom stereocenters. The Hall–Kier alpha value is -3.59. The molecule has 0 atom stereocenters. The van der Waals surface area contributed by atoms with Crippen molar-refractivity contribution in [2.45, 2.75) is 33.2 Å². The molecule has 2 aromatic carbocycles. The molecule has 37 heavy (non-hydrogen) atoms. The number of ketones is 1. The van der Waals surface area contributed by atoms with Gasteiger partial charge in [0.2, 0.25) is 5.78 Å². The predicted molar refractivity (Wildman–Crippen MR) is 141 cm³/mol. The molecule has 9 heteroatoms. The second-order valence-corrected chi connectivity index (χ2v) is 11.0. The summed E-state index contributed by atoms with van der Waals surface area (Å²) in [5, 5.41) is 0. The lowest BCUT2D eigenvalue weighted by molar-refractivity contribution is 0.0728. The molecular formula is C28H33NO7S. The van der Waals surface area contributed by atoms with Gasteiger partial charge in [0.15, 0.2) is 15.6 Å². The molecule has 0 aliphatic rings. The number of hydrogen-bond donors (Lipinski definition) is 0. The first-order chi connectivity index (χ1) is 17.7. The number of ether oxygens (including phenoxy) is 2. The van der Waals surface area contributed by atoms with Crippen LogP contribution in [0, 0.1) is 6.92 Å². The van der Waals surface area contributed by atoms with E-state index in [1.807, 2.05) is 37.3 Å². The second kappa shape index (κ2) is 12.6. The number of hydrogen-bond acceptors (Lipinski definition) is 7. The van der Waals surface area contributed by atoms with Gasteiger partial charge < -0.3 is 18.8 Å². The number of carbonyl (C=O) groups excluding carboxylic acids is 2. The molecule has 198 valence electrons. The van der Waals surface area contributed by atoms with Gasteiger partial charge in [0.05, 0.1) is 20.8 Å². The Labute approximate surface area is 218 Å². The monoisotopic (exact) mass is 527 g/mol. The van der Waals surface area contributed by atoms with E-state index >= 15 is 0 Å². The van der Waals surface area contributed by atoms with Crippen molar-refractivity contribution in [2.24, 2.45) is 0 Å². The molecule has 0 bridgehead atoms. The van der Waals surface area contributed by atoms with Crippen LogP contribution in [0.25, 0.3) is 0 Å². The lowest BCUT2D eigenvalue weighted by atomic mass is 10.1. The molecule has 0 aliphatic carbocycles. The Bertz CT molecular complexity index is 1300. The van der Waals surface area contributed by atoms with Crippen molar-refractivity contribution in [2.75, 3.05) is 32.3 Å². The molecule has 0 saturated carbocycles. The largest absolute Gasteiger partial charge is 0.496 e. The van der Waals surface area contributed by atoms with Crippen molar-refractivity contribution >= 4 is 21.5 Å². The van der Waals surface area contributed by atoms with Crippen molar-refractivity contribution in [3.63, 3.8) is 0 Å². The maximum absolute atomic E-state index is 13.6. The molecule has 0 saturated heterocycles. The van der Waals surface area contributed by atoms with Gasteiger partial charge in [-0.3, -0.25) is 9.59 Å². The zero-order chi connectivity index (χ0) is 27.0. The lowest BCUT2D eigenvalue weighted by Crippen LogP contribution is -2.31. The highest BCUT2D eigenvalue weighted by atomic mass is 32.2. The number of Topliss-reactive ketones (excluding diaryl/α,β-unsaturated/α-hetero) is 1. The number of nitrogens with zero attached hydrogens (tertiary/aromatic N) is 1. The molecule has 3 aromatic rings. The van der Waals surface area contributed by atoms with E-state index in [1.54, 1.807) is 23.1 Å². The molecule has 1 aromatic heterocycles. The summed E-state index contributed by atoms with van der Waals surface area (Å²) in [6, 6.07) is 16.4. The summed E-state index contributed by atoms with van der Waals surface area (Å²) in [4.78, 5) is 27.7. The molecule has 1 heterocycles. The number of amides is 1. The fraction of sp³-hybridized carbons (Fsp3) is 0.357. The lowest BCUT2D eigenvalue weighted by Gasteiger charge is -2.23. The highest BCUT2D eigenvalue weighted by molar-refractivity contribution is 7.92. The molecule has 0 fully saturated rings. The number of methoxy groups -OCH3 is 2. The summed E-state index contributed by atoms with van der Waals surface area (Å²) in [6.07, 6.45) is 1.49. The van der Waals surface area contributed by atoms with Gasteiger partial charge in [-0.1, -0.05) is 37.3 Å². The van der Waals surface area contributed by atoms with E-state index in [4.69, 9.17) is 13.9 Å². The zero-order valence-electron chi connectivity index (χ0n) is 21.7. The van der Waals surface area contributed by atoms with Crippen LogP contribution in [-0.4, -0.2) is 57.3 Å². The van der Waals surface area contributed by atoms with Crippen LogP contribution in [0.4, 0.5) is 0 Å². The first kappa shape index (κ1) is 28.0. The van der Waals surface area contributed by atoms with Gasteiger partial charge in [-0.05, 0) is 49.6 Å². The average Bonchev–Trinajstić information content (AvgIpc) is 3.37. The Morgan fingerprint density at radius 2 is 1.62 bits per heavy atom. The molecule has 0 aliphatic heterocycles. The Morgan fingerprint density at radius 1 is 0.973 bits per heavy atom. The molecule has 0 spiro atoms. The van der Waals surface area contributed by atoms with E-state index in [-0.39, 0.29) is 24.0 Å². The minimum atomic E-state index is -3.48. The minimum Gasteiger partial charge on any atom is -0.496 e. The van der Waals surface area contributed by atoms with Gasteiger partial charge in [0.25, 0.3) is 5.91 Å². The first-order valence-corrected chi connectivity index (χ1v) is 13.9. The van der Waals surface area contributed by atoms with Crippen LogP contribution in [0.3, 0.4) is 0 Å². The van der Waals surface area contributed by atoms with Crippen molar-refractivity contribution in [3.8, 4) is 11.5 Å². The van der Waals surface area contributed by atoms with Crippen molar-refractivity contribution in [1.29, 1.82) is 0 Å². The van der Waals surface area contributed by atoms with E-state index in [0.29, 0.717) is 35.8 Å². The third-order valence-electron chi connectivity index (χ3n) is 6.10. The summed E-state index contributed by atoms with van der Waals surface area (Å²) in [6.45, 7) is 3.88.